The van der Waals surface area contributed by atoms with Gasteiger partial charge in [-0.15, -0.1) is 0 Å². The van der Waals surface area contributed by atoms with Gasteiger partial charge in [-0.1, -0.05) is 6.07 Å². The van der Waals surface area contributed by atoms with Gasteiger partial charge in [0.25, 0.3) is 5.56 Å². The largest absolute Gasteiger partial charge is 0.493 e. The first kappa shape index (κ1) is 23.8. The number of hydrogen-bond donors (Lipinski definition) is 1. The highest BCUT2D eigenvalue weighted by Gasteiger charge is 2.23. The molecule has 1 aliphatic rings. The molecule has 0 unspecified atom stereocenters. The van der Waals surface area contributed by atoms with Crippen LogP contribution in [-0.2, 0) is 11.3 Å². The summed E-state index contributed by atoms with van der Waals surface area (Å²) in [7, 11) is 3.09. The van der Waals surface area contributed by atoms with Crippen LogP contribution in [0.25, 0.3) is 10.9 Å². The Morgan fingerprint density at radius 2 is 1.79 bits per heavy atom. The van der Waals surface area contributed by atoms with Gasteiger partial charge in [0.15, 0.2) is 11.5 Å². The predicted molar refractivity (Wildman–Crippen MR) is 127 cm³/mol. The van der Waals surface area contributed by atoms with Crippen LogP contribution >= 0.6 is 0 Å². The molecule has 1 atom stereocenters. The minimum Gasteiger partial charge on any atom is -0.493 e. The lowest BCUT2D eigenvalue weighted by atomic mass is 10.1. The van der Waals surface area contributed by atoms with Crippen molar-refractivity contribution in [3.8, 4) is 17.2 Å². The number of rotatable bonds is 8. The van der Waals surface area contributed by atoms with Gasteiger partial charge in [-0.2, -0.15) is 0 Å². The van der Waals surface area contributed by atoms with E-state index in [1.807, 2.05) is 0 Å². The van der Waals surface area contributed by atoms with E-state index in [2.05, 4.69) is 0 Å². The SMILES string of the molecule is COc1ccc(Cn2c(=O)c3cc(O[C@@H](C)CO)ccc3n(C3CCOCC3)c2=O)cc1OC. The summed E-state index contributed by atoms with van der Waals surface area (Å²) in [6.07, 6.45) is 0.944. The molecule has 1 aliphatic heterocycles. The third kappa shape index (κ3) is 4.67. The molecule has 0 spiro atoms. The molecule has 0 amide bonds. The van der Waals surface area contributed by atoms with Gasteiger partial charge in [0.2, 0.25) is 0 Å². The molecule has 1 saturated heterocycles. The average molecular weight is 471 g/mol. The maximum absolute atomic E-state index is 13.7. The smallest absolute Gasteiger partial charge is 0.332 e. The minimum absolute atomic E-state index is 0.0787. The molecule has 2 aromatic carbocycles. The van der Waals surface area contributed by atoms with Gasteiger partial charge >= 0.3 is 5.69 Å². The van der Waals surface area contributed by atoms with Crippen LogP contribution in [0.2, 0.25) is 0 Å². The van der Waals surface area contributed by atoms with E-state index < -0.39 is 11.7 Å². The molecule has 0 bridgehead atoms. The first-order valence-corrected chi connectivity index (χ1v) is 11.3. The van der Waals surface area contributed by atoms with E-state index >= 15 is 0 Å². The van der Waals surface area contributed by atoms with Crippen LogP contribution in [0.3, 0.4) is 0 Å². The number of fused-ring (bicyclic) bond motifs is 1. The zero-order valence-electron chi connectivity index (χ0n) is 19.7. The molecule has 1 fully saturated rings. The number of methoxy groups -OCH3 is 2. The van der Waals surface area contributed by atoms with E-state index in [-0.39, 0.29) is 24.9 Å². The van der Waals surface area contributed by atoms with Crippen molar-refractivity contribution in [1.82, 2.24) is 9.13 Å². The lowest BCUT2D eigenvalue weighted by Crippen LogP contribution is -2.42. The average Bonchev–Trinajstić information content (AvgIpc) is 2.87. The molecule has 9 heteroatoms. The van der Waals surface area contributed by atoms with Gasteiger partial charge in [-0.3, -0.25) is 13.9 Å². The van der Waals surface area contributed by atoms with Crippen LogP contribution in [0.4, 0.5) is 0 Å². The quantitative estimate of drug-likeness (QED) is 0.539. The Labute approximate surface area is 197 Å². The molecule has 3 aromatic rings. The second-order valence-corrected chi connectivity index (χ2v) is 8.37. The summed E-state index contributed by atoms with van der Waals surface area (Å²) < 4.78 is 24.8. The van der Waals surface area contributed by atoms with Crippen LogP contribution in [0.15, 0.2) is 46.0 Å². The first-order valence-electron chi connectivity index (χ1n) is 11.3. The van der Waals surface area contributed by atoms with Gasteiger partial charge in [0.05, 0.1) is 38.3 Å². The summed E-state index contributed by atoms with van der Waals surface area (Å²) >= 11 is 0. The highest BCUT2D eigenvalue weighted by atomic mass is 16.5. The third-order valence-corrected chi connectivity index (χ3v) is 6.08. The Balaban J connectivity index is 1.88. The van der Waals surface area contributed by atoms with Gasteiger partial charge in [0.1, 0.15) is 11.9 Å². The van der Waals surface area contributed by atoms with Crippen molar-refractivity contribution in [2.75, 3.05) is 34.0 Å². The lowest BCUT2D eigenvalue weighted by molar-refractivity contribution is 0.0691. The topological polar surface area (TPSA) is 101 Å². The summed E-state index contributed by atoms with van der Waals surface area (Å²) in [6, 6.07) is 10.3. The zero-order valence-corrected chi connectivity index (χ0v) is 19.7. The number of aromatic nitrogens is 2. The van der Waals surface area contributed by atoms with Crippen LogP contribution in [0, 0.1) is 0 Å². The van der Waals surface area contributed by atoms with Crippen LogP contribution in [-0.4, -0.2) is 54.4 Å². The van der Waals surface area contributed by atoms with Gasteiger partial charge < -0.3 is 24.1 Å². The molecular formula is C25H30N2O7. The summed E-state index contributed by atoms with van der Waals surface area (Å²) in [5, 5.41) is 9.72. The van der Waals surface area contributed by atoms with Gasteiger partial charge in [0, 0.05) is 19.3 Å². The zero-order chi connectivity index (χ0) is 24.2. The normalized spacial score (nSPS) is 15.3. The van der Waals surface area contributed by atoms with E-state index in [0.29, 0.717) is 54.2 Å². The molecule has 34 heavy (non-hydrogen) atoms. The minimum atomic E-state index is -0.423. The monoisotopic (exact) mass is 470 g/mol. The number of hydrogen-bond acceptors (Lipinski definition) is 7. The van der Waals surface area contributed by atoms with Crippen molar-refractivity contribution >= 4 is 10.9 Å². The van der Waals surface area contributed by atoms with Gasteiger partial charge in [-0.05, 0) is 55.7 Å². The summed E-state index contributed by atoms with van der Waals surface area (Å²) in [5.74, 6) is 1.55. The molecular weight excluding hydrogens is 440 g/mol. The summed E-state index contributed by atoms with van der Waals surface area (Å²) in [6.45, 7) is 2.78. The Morgan fingerprint density at radius 3 is 2.47 bits per heavy atom. The van der Waals surface area contributed by atoms with Crippen molar-refractivity contribution in [2.24, 2.45) is 0 Å². The number of aliphatic hydroxyl groups excluding tert-OH is 1. The molecule has 0 aliphatic carbocycles. The molecule has 9 nitrogen and oxygen atoms in total. The fourth-order valence-electron chi connectivity index (χ4n) is 4.30. The van der Waals surface area contributed by atoms with E-state index in [0.717, 1.165) is 5.56 Å². The maximum atomic E-state index is 13.7. The van der Waals surface area contributed by atoms with E-state index in [1.165, 1.54) is 11.7 Å². The van der Waals surface area contributed by atoms with Gasteiger partial charge in [-0.25, -0.2) is 4.79 Å². The number of ether oxygens (including phenoxy) is 4. The van der Waals surface area contributed by atoms with E-state index in [9.17, 15) is 14.7 Å². The van der Waals surface area contributed by atoms with Crippen molar-refractivity contribution in [2.45, 2.75) is 38.5 Å². The fraction of sp³-hybridized carbons (Fsp3) is 0.440. The lowest BCUT2D eigenvalue weighted by Gasteiger charge is -2.26. The second kappa shape index (κ2) is 10.3. The Bertz CT molecular complexity index is 1270. The van der Waals surface area contributed by atoms with Crippen LogP contribution in [0.1, 0.15) is 31.4 Å². The first-order chi connectivity index (χ1) is 16.5. The van der Waals surface area contributed by atoms with E-state index in [4.69, 9.17) is 18.9 Å². The predicted octanol–water partition coefficient (Wildman–Crippen LogP) is 2.34. The highest BCUT2D eigenvalue weighted by Crippen LogP contribution is 2.28. The van der Waals surface area contributed by atoms with Crippen molar-refractivity contribution < 1.29 is 24.1 Å². The van der Waals surface area contributed by atoms with Crippen LogP contribution in [0.5, 0.6) is 17.2 Å². The number of nitrogens with zero attached hydrogens (tertiary/aromatic N) is 2. The number of aliphatic hydroxyl groups is 1. The van der Waals surface area contributed by atoms with Crippen LogP contribution < -0.4 is 25.5 Å². The Morgan fingerprint density at radius 1 is 1.06 bits per heavy atom. The molecule has 2 heterocycles. The highest BCUT2D eigenvalue weighted by molar-refractivity contribution is 5.80. The number of benzene rings is 2. The van der Waals surface area contributed by atoms with E-state index in [1.54, 1.807) is 55.0 Å². The Kier molecular flexibility index (Phi) is 7.23. The fourth-order valence-corrected chi connectivity index (χ4v) is 4.30. The Hall–Kier alpha value is -3.30. The standard InChI is InChI=1S/C25H30N2O7/c1-16(15-28)34-19-5-6-21-20(13-19)24(29)26(25(30)27(21)18-8-10-33-11-9-18)14-17-4-7-22(31-2)23(12-17)32-3/h4-7,12-13,16,18,28H,8-11,14-15H2,1-3H3/t16-/m0/s1. The van der Waals surface area contributed by atoms with Crippen molar-refractivity contribution in [3.05, 3.63) is 62.8 Å². The molecule has 4 rings (SSSR count). The summed E-state index contributed by atoms with van der Waals surface area (Å²) in [4.78, 5) is 27.2. The third-order valence-electron chi connectivity index (χ3n) is 6.08. The maximum Gasteiger partial charge on any atom is 0.332 e. The van der Waals surface area contributed by atoms with Crippen molar-refractivity contribution in [1.29, 1.82) is 0 Å². The summed E-state index contributed by atoms with van der Waals surface area (Å²) in [5.41, 5.74) is 0.530. The molecule has 1 N–H and O–H groups in total. The molecule has 182 valence electrons. The van der Waals surface area contributed by atoms with Crippen molar-refractivity contribution in [3.63, 3.8) is 0 Å². The molecule has 0 saturated carbocycles. The molecule has 0 radical (unpaired) electrons. The molecule has 1 aromatic heterocycles. The second-order valence-electron chi connectivity index (χ2n) is 8.37.